The van der Waals surface area contributed by atoms with Gasteiger partial charge in [0.25, 0.3) is 0 Å². The van der Waals surface area contributed by atoms with Gasteiger partial charge < -0.3 is 5.32 Å². The van der Waals surface area contributed by atoms with Crippen LogP contribution in [0.4, 0.5) is 0 Å². The normalized spacial score (nSPS) is 20.7. The first-order chi connectivity index (χ1) is 7.34. The van der Waals surface area contributed by atoms with Crippen LogP contribution in [0.3, 0.4) is 0 Å². The molecule has 0 bridgehead atoms. The molecule has 1 fully saturated rings. The Morgan fingerprint density at radius 3 is 3.13 bits per heavy atom. The molecule has 0 amide bonds. The molecule has 82 valence electrons. The van der Waals surface area contributed by atoms with E-state index in [0.717, 1.165) is 11.8 Å². The van der Waals surface area contributed by atoms with Crippen LogP contribution in [0.25, 0.3) is 0 Å². The highest BCUT2D eigenvalue weighted by Gasteiger charge is 2.14. The summed E-state index contributed by atoms with van der Waals surface area (Å²) >= 11 is 2.12. The molecule has 1 aliphatic heterocycles. The Kier molecular flexibility index (Phi) is 4.09. The maximum absolute atomic E-state index is 3.55. The van der Waals surface area contributed by atoms with E-state index in [1.165, 1.54) is 36.3 Å². The van der Waals surface area contributed by atoms with Crippen molar-refractivity contribution in [2.24, 2.45) is 0 Å². The molecule has 15 heavy (non-hydrogen) atoms. The van der Waals surface area contributed by atoms with Crippen molar-refractivity contribution in [1.82, 2.24) is 5.32 Å². The van der Waals surface area contributed by atoms with Crippen LogP contribution >= 0.6 is 11.8 Å². The van der Waals surface area contributed by atoms with Crippen LogP contribution in [0.2, 0.25) is 0 Å². The van der Waals surface area contributed by atoms with E-state index < -0.39 is 0 Å². The average Bonchev–Trinajstić information content (AvgIpc) is 2.71. The maximum atomic E-state index is 3.55. The van der Waals surface area contributed by atoms with E-state index in [1.807, 2.05) is 0 Å². The fraction of sp³-hybridized carbons (Fsp3) is 0.538. The first-order valence-corrected chi connectivity index (χ1v) is 6.77. The molecule has 0 saturated carbocycles. The largest absolute Gasteiger partial charge is 0.312 e. The summed E-state index contributed by atoms with van der Waals surface area (Å²) in [7, 11) is 0. The second-order valence-corrected chi connectivity index (χ2v) is 5.66. The summed E-state index contributed by atoms with van der Waals surface area (Å²) < 4.78 is 0. The Bertz CT molecular complexity index is 305. The van der Waals surface area contributed by atoms with Crippen molar-refractivity contribution in [3.05, 3.63) is 35.4 Å². The van der Waals surface area contributed by atoms with Gasteiger partial charge in [0.05, 0.1) is 0 Å². The van der Waals surface area contributed by atoms with E-state index in [4.69, 9.17) is 0 Å². The lowest BCUT2D eigenvalue weighted by atomic mass is 10.1. The Morgan fingerprint density at radius 1 is 1.47 bits per heavy atom. The third-order valence-electron chi connectivity index (χ3n) is 2.81. The molecule has 2 rings (SSSR count). The van der Waals surface area contributed by atoms with Crippen molar-refractivity contribution < 1.29 is 0 Å². The van der Waals surface area contributed by atoms with Crippen molar-refractivity contribution in [1.29, 1.82) is 0 Å². The van der Waals surface area contributed by atoms with Crippen LogP contribution in [0, 0.1) is 6.92 Å². The van der Waals surface area contributed by atoms with Gasteiger partial charge >= 0.3 is 0 Å². The summed E-state index contributed by atoms with van der Waals surface area (Å²) in [5.74, 6) is 1.36. The van der Waals surface area contributed by atoms with Gasteiger partial charge in [0.15, 0.2) is 0 Å². The first-order valence-electron chi connectivity index (χ1n) is 5.72. The second kappa shape index (κ2) is 5.57. The minimum absolute atomic E-state index is 0.856. The molecule has 1 atom stereocenters. The summed E-state index contributed by atoms with van der Waals surface area (Å²) in [5, 5.41) is 4.41. The SMILES string of the molecule is Cc1cccc(CNCC2CCCS2)c1. The second-order valence-electron chi connectivity index (χ2n) is 4.25. The van der Waals surface area contributed by atoms with Crippen LogP contribution in [0.5, 0.6) is 0 Å². The number of thioether (sulfide) groups is 1. The molecule has 1 N–H and O–H groups in total. The molecule has 0 aromatic heterocycles. The first kappa shape index (κ1) is 11.0. The molecule has 1 aliphatic rings. The summed E-state index contributed by atoms with van der Waals surface area (Å²) in [5.41, 5.74) is 2.75. The quantitative estimate of drug-likeness (QED) is 0.839. The molecule has 1 heterocycles. The molecule has 0 spiro atoms. The van der Waals surface area contributed by atoms with Crippen molar-refractivity contribution in [3.8, 4) is 0 Å². The molecule has 0 aliphatic carbocycles. The molecule has 1 nitrogen and oxygen atoms in total. The monoisotopic (exact) mass is 221 g/mol. The Hall–Kier alpha value is -0.470. The lowest BCUT2D eigenvalue weighted by Crippen LogP contribution is -2.22. The molecule has 1 aromatic rings. The lowest BCUT2D eigenvalue weighted by Gasteiger charge is -2.10. The number of hydrogen-bond acceptors (Lipinski definition) is 2. The minimum Gasteiger partial charge on any atom is -0.312 e. The number of nitrogens with one attached hydrogen (secondary N) is 1. The summed E-state index contributed by atoms with van der Waals surface area (Å²) in [6.07, 6.45) is 2.80. The fourth-order valence-corrected chi connectivity index (χ4v) is 3.24. The molecular weight excluding hydrogens is 202 g/mol. The van der Waals surface area contributed by atoms with Crippen LogP contribution in [0.1, 0.15) is 24.0 Å². The maximum Gasteiger partial charge on any atom is 0.0206 e. The standard InChI is InChI=1S/C13H19NS/c1-11-4-2-5-12(8-11)9-14-10-13-6-3-7-15-13/h2,4-5,8,13-14H,3,6-7,9-10H2,1H3. The molecular formula is C13H19NS. The summed E-state index contributed by atoms with van der Waals surface area (Å²) in [6, 6.07) is 8.74. The Balaban J connectivity index is 1.73. The smallest absolute Gasteiger partial charge is 0.0206 e. The van der Waals surface area contributed by atoms with E-state index in [-0.39, 0.29) is 0 Å². The molecule has 1 unspecified atom stereocenters. The molecule has 0 radical (unpaired) electrons. The predicted octanol–water partition coefficient (Wildman–Crippen LogP) is 2.98. The third kappa shape index (κ3) is 3.54. The highest BCUT2D eigenvalue weighted by atomic mass is 32.2. The zero-order valence-corrected chi connectivity index (χ0v) is 10.1. The van der Waals surface area contributed by atoms with E-state index in [0.29, 0.717) is 0 Å². The lowest BCUT2D eigenvalue weighted by molar-refractivity contribution is 0.646. The fourth-order valence-electron chi connectivity index (χ4n) is 2.00. The van der Waals surface area contributed by atoms with E-state index >= 15 is 0 Å². The zero-order valence-electron chi connectivity index (χ0n) is 9.33. The number of hydrogen-bond donors (Lipinski definition) is 1. The van der Waals surface area contributed by atoms with Crippen molar-refractivity contribution >= 4 is 11.8 Å². The van der Waals surface area contributed by atoms with Crippen LogP contribution in [-0.4, -0.2) is 17.5 Å². The number of aryl methyl sites for hydroxylation is 1. The highest BCUT2D eigenvalue weighted by Crippen LogP contribution is 2.25. The number of rotatable bonds is 4. The van der Waals surface area contributed by atoms with Gasteiger partial charge in [-0.3, -0.25) is 0 Å². The van der Waals surface area contributed by atoms with Crippen LogP contribution in [0.15, 0.2) is 24.3 Å². The van der Waals surface area contributed by atoms with Crippen molar-refractivity contribution in [2.75, 3.05) is 12.3 Å². The molecule has 1 saturated heterocycles. The van der Waals surface area contributed by atoms with Gasteiger partial charge in [-0.2, -0.15) is 11.8 Å². The average molecular weight is 221 g/mol. The van der Waals surface area contributed by atoms with Gasteiger partial charge in [-0.15, -0.1) is 0 Å². The molecule has 2 heteroatoms. The Labute approximate surface area is 96.7 Å². The van der Waals surface area contributed by atoms with Gasteiger partial charge in [-0.25, -0.2) is 0 Å². The summed E-state index contributed by atoms with van der Waals surface area (Å²) in [4.78, 5) is 0. The van der Waals surface area contributed by atoms with Gasteiger partial charge in [-0.1, -0.05) is 29.8 Å². The van der Waals surface area contributed by atoms with Crippen LogP contribution in [-0.2, 0) is 6.54 Å². The van der Waals surface area contributed by atoms with Crippen molar-refractivity contribution in [2.45, 2.75) is 31.6 Å². The Morgan fingerprint density at radius 2 is 2.40 bits per heavy atom. The van der Waals surface area contributed by atoms with E-state index in [9.17, 15) is 0 Å². The topological polar surface area (TPSA) is 12.0 Å². The van der Waals surface area contributed by atoms with Gasteiger partial charge in [0.1, 0.15) is 0 Å². The third-order valence-corrected chi connectivity index (χ3v) is 4.21. The van der Waals surface area contributed by atoms with Gasteiger partial charge in [-0.05, 0) is 31.1 Å². The van der Waals surface area contributed by atoms with E-state index in [1.54, 1.807) is 0 Å². The minimum atomic E-state index is 0.856. The highest BCUT2D eigenvalue weighted by molar-refractivity contribution is 8.00. The zero-order chi connectivity index (χ0) is 10.5. The van der Waals surface area contributed by atoms with Crippen LogP contribution < -0.4 is 5.32 Å². The number of benzene rings is 1. The van der Waals surface area contributed by atoms with Gasteiger partial charge in [0, 0.05) is 18.3 Å². The van der Waals surface area contributed by atoms with Gasteiger partial charge in [0.2, 0.25) is 0 Å². The van der Waals surface area contributed by atoms with E-state index in [2.05, 4.69) is 48.3 Å². The predicted molar refractivity (Wildman–Crippen MR) is 68.4 cm³/mol. The summed E-state index contributed by atoms with van der Waals surface area (Å²) in [6.45, 7) is 4.33. The van der Waals surface area contributed by atoms with Crippen molar-refractivity contribution in [3.63, 3.8) is 0 Å². The molecule has 1 aromatic carbocycles.